The van der Waals surface area contributed by atoms with Crippen molar-refractivity contribution in [3.05, 3.63) is 60.3 Å². The second kappa shape index (κ2) is 8.49. The van der Waals surface area contributed by atoms with Crippen LogP contribution in [0.15, 0.2) is 54.7 Å². The smallest absolute Gasteiger partial charge is 0.229 e. The molecule has 164 valence electrons. The zero-order valence-electron chi connectivity index (χ0n) is 18.4. The molecule has 1 amide bonds. The predicted molar refractivity (Wildman–Crippen MR) is 126 cm³/mol. The molecule has 0 bridgehead atoms. The first-order chi connectivity index (χ1) is 15.6. The van der Waals surface area contributed by atoms with Gasteiger partial charge in [0.25, 0.3) is 0 Å². The van der Waals surface area contributed by atoms with Crippen LogP contribution in [-0.2, 0) is 11.2 Å². The number of benzene rings is 2. The number of rotatable bonds is 6. The van der Waals surface area contributed by atoms with Crippen molar-refractivity contribution in [2.75, 3.05) is 28.2 Å². The summed E-state index contributed by atoms with van der Waals surface area (Å²) in [5.74, 6) is 2.53. The van der Waals surface area contributed by atoms with Crippen molar-refractivity contribution in [1.82, 2.24) is 9.97 Å². The van der Waals surface area contributed by atoms with Crippen LogP contribution in [0.3, 0.4) is 0 Å². The Hall–Kier alpha value is -3.61. The largest absolute Gasteiger partial charge is 0.491 e. The Morgan fingerprint density at radius 3 is 2.31 bits per heavy atom. The zero-order chi connectivity index (χ0) is 22.1. The minimum absolute atomic E-state index is 0.143. The fourth-order valence-electron chi connectivity index (χ4n) is 4.21. The van der Waals surface area contributed by atoms with Crippen LogP contribution in [-0.4, -0.2) is 35.1 Å². The van der Waals surface area contributed by atoms with E-state index in [0.717, 1.165) is 60.1 Å². The van der Waals surface area contributed by atoms with Gasteiger partial charge in [0.1, 0.15) is 11.6 Å². The Morgan fingerprint density at radius 1 is 0.938 bits per heavy atom. The van der Waals surface area contributed by atoms with E-state index in [0.29, 0.717) is 12.4 Å². The van der Waals surface area contributed by atoms with Gasteiger partial charge in [0.15, 0.2) is 0 Å². The third-order valence-corrected chi connectivity index (χ3v) is 5.73. The minimum Gasteiger partial charge on any atom is -0.491 e. The summed E-state index contributed by atoms with van der Waals surface area (Å²) in [6.45, 7) is 5.68. The summed E-state index contributed by atoms with van der Waals surface area (Å²) in [5, 5.41) is 3.29. The standard InChI is InChI=1S/C25H27N5O2/c1-17(2)32-22-11-5-19(6-12-22)27-25-26-16-18-13-15-30(24(18)28-25)21-9-7-20(8-10-21)29-14-3-4-23(29)31/h5-12,16-17H,3-4,13-15H2,1-2H3,(H,26,27,28). The molecule has 7 heteroatoms. The van der Waals surface area contributed by atoms with E-state index < -0.39 is 0 Å². The third-order valence-electron chi connectivity index (χ3n) is 5.73. The van der Waals surface area contributed by atoms with E-state index >= 15 is 0 Å². The number of carbonyl (C=O) groups excluding carboxylic acids is 1. The van der Waals surface area contributed by atoms with Crippen molar-refractivity contribution in [2.24, 2.45) is 0 Å². The molecule has 3 heterocycles. The van der Waals surface area contributed by atoms with Gasteiger partial charge in [-0.25, -0.2) is 4.98 Å². The van der Waals surface area contributed by atoms with Gasteiger partial charge in [-0.3, -0.25) is 4.79 Å². The second-order valence-corrected chi connectivity index (χ2v) is 8.43. The molecule has 0 aliphatic carbocycles. The number of anilines is 5. The van der Waals surface area contributed by atoms with Crippen LogP contribution in [0.5, 0.6) is 5.75 Å². The highest BCUT2D eigenvalue weighted by Gasteiger charge is 2.25. The highest BCUT2D eigenvalue weighted by molar-refractivity contribution is 5.95. The molecule has 1 aromatic heterocycles. The summed E-state index contributed by atoms with van der Waals surface area (Å²) in [4.78, 5) is 25.4. The van der Waals surface area contributed by atoms with Crippen molar-refractivity contribution in [3.63, 3.8) is 0 Å². The van der Waals surface area contributed by atoms with E-state index in [-0.39, 0.29) is 12.0 Å². The molecule has 0 atom stereocenters. The molecule has 1 N–H and O–H groups in total. The lowest BCUT2D eigenvalue weighted by Crippen LogP contribution is -2.23. The monoisotopic (exact) mass is 429 g/mol. The number of fused-ring (bicyclic) bond motifs is 1. The number of carbonyl (C=O) groups is 1. The van der Waals surface area contributed by atoms with Gasteiger partial charge in [-0.2, -0.15) is 4.98 Å². The lowest BCUT2D eigenvalue weighted by molar-refractivity contribution is -0.117. The van der Waals surface area contributed by atoms with Gasteiger partial charge in [0.05, 0.1) is 6.10 Å². The third kappa shape index (κ3) is 4.10. The fraction of sp³-hybridized carbons (Fsp3) is 0.320. The van der Waals surface area contributed by atoms with Crippen LogP contribution < -0.4 is 19.9 Å². The molecule has 1 fully saturated rings. The first kappa shape index (κ1) is 20.3. The average molecular weight is 430 g/mol. The topological polar surface area (TPSA) is 70.6 Å². The predicted octanol–water partition coefficient (Wildman–Crippen LogP) is 4.83. The van der Waals surface area contributed by atoms with Gasteiger partial charge in [0, 0.05) is 48.3 Å². The second-order valence-electron chi connectivity index (χ2n) is 8.43. The van der Waals surface area contributed by atoms with E-state index in [1.807, 2.05) is 61.3 Å². The Bertz CT molecular complexity index is 1110. The average Bonchev–Trinajstić information content (AvgIpc) is 3.41. The number of aromatic nitrogens is 2. The Kier molecular flexibility index (Phi) is 5.39. The van der Waals surface area contributed by atoms with E-state index in [2.05, 4.69) is 27.3 Å². The quantitative estimate of drug-likeness (QED) is 0.605. The van der Waals surface area contributed by atoms with Gasteiger partial charge < -0.3 is 19.9 Å². The van der Waals surface area contributed by atoms with E-state index in [1.165, 1.54) is 0 Å². The van der Waals surface area contributed by atoms with Gasteiger partial charge in [-0.05, 0) is 75.2 Å². The van der Waals surface area contributed by atoms with Crippen molar-refractivity contribution in [1.29, 1.82) is 0 Å². The summed E-state index contributed by atoms with van der Waals surface area (Å²) in [7, 11) is 0. The molecule has 2 aliphatic heterocycles. The molecule has 32 heavy (non-hydrogen) atoms. The zero-order valence-corrected chi connectivity index (χ0v) is 18.4. The first-order valence-electron chi connectivity index (χ1n) is 11.1. The molecule has 2 aliphatic rings. The number of amides is 1. The molecule has 0 radical (unpaired) electrons. The maximum absolute atomic E-state index is 12.0. The fourth-order valence-corrected chi connectivity index (χ4v) is 4.21. The van der Waals surface area contributed by atoms with Crippen molar-refractivity contribution in [2.45, 2.75) is 39.2 Å². The van der Waals surface area contributed by atoms with E-state index in [1.54, 1.807) is 0 Å². The van der Waals surface area contributed by atoms with Crippen LogP contribution in [0.2, 0.25) is 0 Å². The summed E-state index contributed by atoms with van der Waals surface area (Å²) in [6, 6.07) is 16.0. The first-order valence-corrected chi connectivity index (χ1v) is 11.1. The SMILES string of the molecule is CC(C)Oc1ccc(Nc2ncc3c(n2)N(c2ccc(N4CCCC4=O)cc2)CC3)cc1. The molecule has 0 unspecified atom stereocenters. The van der Waals surface area contributed by atoms with E-state index in [9.17, 15) is 4.79 Å². The van der Waals surface area contributed by atoms with E-state index in [4.69, 9.17) is 9.72 Å². The van der Waals surface area contributed by atoms with Crippen LogP contribution in [0.1, 0.15) is 32.3 Å². The van der Waals surface area contributed by atoms with Crippen LogP contribution >= 0.6 is 0 Å². The molecular weight excluding hydrogens is 402 g/mol. The number of ether oxygens (including phenoxy) is 1. The highest BCUT2D eigenvalue weighted by Crippen LogP contribution is 2.35. The summed E-state index contributed by atoms with van der Waals surface area (Å²) >= 11 is 0. The number of nitrogens with one attached hydrogen (secondary N) is 1. The summed E-state index contributed by atoms with van der Waals surface area (Å²) in [5.41, 5.74) is 4.07. The minimum atomic E-state index is 0.143. The van der Waals surface area contributed by atoms with Crippen LogP contribution in [0.4, 0.5) is 28.8 Å². The molecule has 7 nitrogen and oxygen atoms in total. The van der Waals surface area contributed by atoms with Crippen molar-refractivity contribution >= 4 is 34.7 Å². The molecule has 2 aromatic carbocycles. The number of hydrogen-bond acceptors (Lipinski definition) is 6. The Labute approximate surface area is 188 Å². The molecule has 0 spiro atoms. The number of nitrogens with zero attached hydrogens (tertiary/aromatic N) is 4. The molecule has 5 rings (SSSR count). The lowest BCUT2D eigenvalue weighted by atomic mass is 10.2. The lowest BCUT2D eigenvalue weighted by Gasteiger charge is -2.21. The molecule has 0 saturated carbocycles. The molecule has 1 saturated heterocycles. The molecular formula is C25H27N5O2. The highest BCUT2D eigenvalue weighted by atomic mass is 16.5. The summed E-state index contributed by atoms with van der Waals surface area (Å²) in [6.07, 6.45) is 4.52. The van der Waals surface area contributed by atoms with Crippen molar-refractivity contribution < 1.29 is 9.53 Å². The van der Waals surface area contributed by atoms with Gasteiger partial charge in [-0.15, -0.1) is 0 Å². The van der Waals surface area contributed by atoms with Gasteiger partial charge >= 0.3 is 0 Å². The maximum Gasteiger partial charge on any atom is 0.229 e. The van der Waals surface area contributed by atoms with Crippen LogP contribution in [0, 0.1) is 0 Å². The normalized spacial score (nSPS) is 15.4. The molecule has 3 aromatic rings. The van der Waals surface area contributed by atoms with Gasteiger partial charge in [0.2, 0.25) is 11.9 Å². The Balaban J connectivity index is 1.33. The summed E-state index contributed by atoms with van der Waals surface area (Å²) < 4.78 is 5.70. The van der Waals surface area contributed by atoms with Crippen molar-refractivity contribution in [3.8, 4) is 5.75 Å². The Morgan fingerprint density at radius 2 is 1.66 bits per heavy atom. The maximum atomic E-state index is 12.0. The van der Waals surface area contributed by atoms with Crippen LogP contribution in [0.25, 0.3) is 0 Å². The number of hydrogen-bond donors (Lipinski definition) is 1. The van der Waals surface area contributed by atoms with Gasteiger partial charge in [-0.1, -0.05) is 0 Å².